The molecule has 1 atom stereocenters. The van der Waals surface area contributed by atoms with Crippen LogP contribution in [0.1, 0.15) is 26.7 Å². The van der Waals surface area contributed by atoms with E-state index in [0.29, 0.717) is 6.42 Å². The molecule has 0 amide bonds. The van der Waals surface area contributed by atoms with E-state index in [9.17, 15) is 13.9 Å². The molecule has 1 aromatic rings. The summed E-state index contributed by atoms with van der Waals surface area (Å²) in [6, 6.07) is 3.82. The summed E-state index contributed by atoms with van der Waals surface area (Å²) in [5, 5.41) is 12.6. The van der Waals surface area contributed by atoms with E-state index in [4.69, 9.17) is 4.74 Å². The van der Waals surface area contributed by atoms with Crippen molar-refractivity contribution in [1.82, 2.24) is 5.32 Å². The van der Waals surface area contributed by atoms with Gasteiger partial charge in [-0.3, -0.25) is 0 Å². The monoisotopic (exact) mass is 273 g/mol. The summed E-state index contributed by atoms with van der Waals surface area (Å²) in [5.41, 5.74) is -0.472. The van der Waals surface area contributed by atoms with E-state index in [-0.39, 0.29) is 19.0 Å². The van der Waals surface area contributed by atoms with E-state index in [1.54, 1.807) is 0 Å². The summed E-state index contributed by atoms with van der Waals surface area (Å²) < 4.78 is 31.5. The van der Waals surface area contributed by atoms with Gasteiger partial charge >= 0.3 is 0 Å². The van der Waals surface area contributed by atoms with Gasteiger partial charge in [0.2, 0.25) is 5.82 Å². The largest absolute Gasteiger partial charge is 0.490 e. The van der Waals surface area contributed by atoms with Crippen LogP contribution < -0.4 is 10.1 Å². The smallest absolute Gasteiger partial charge is 0.200 e. The number of nitrogens with one attached hydrogen (secondary N) is 1. The first-order valence-electron chi connectivity index (χ1n) is 6.45. The maximum absolute atomic E-state index is 13.3. The molecule has 0 bridgehead atoms. The summed E-state index contributed by atoms with van der Waals surface area (Å²) in [4.78, 5) is 0. The fraction of sp³-hybridized carbons (Fsp3) is 0.571. The molecule has 1 aromatic carbocycles. The highest BCUT2D eigenvalue weighted by atomic mass is 19.2. The lowest BCUT2D eigenvalue weighted by Gasteiger charge is -2.28. The normalized spacial score (nSPS) is 14.2. The van der Waals surface area contributed by atoms with Crippen molar-refractivity contribution in [1.29, 1.82) is 0 Å². The van der Waals surface area contributed by atoms with Crippen LogP contribution >= 0.6 is 0 Å². The number of aliphatic hydroxyl groups is 1. The van der Waals surface area contributed by atoms with Gasteiger partial charge in [-0.25, -0.2) is 4.39 Å². The Kier molecular flexibility index (Phi) is 6.18. The molecule has 0 saturated heterocycles. The third-order valence-corrected chi connectivity index (χ3v) is 2.98. The van der Waals surface area contributed by atoms with Crippen LogP contribution in [-0.2, 0) is 0 Å². The molecule has 0 heterocycles. The minimum Gasteiger partial charge on any atom is -0.490 e. The van der Waals surface area contributed by atoms with Crippen LogP contribution in [0, 0.1) is 11.6 Å². The highest BCUT2D eigenvalue weighted by Gasteiger charge is 2.22. The number of rotatable bonds is 8. The lowest BCUT2D eigenvalue weighted by atomic mass is 9.99. The zero-order valence-electron chi connectivity index (χ0n) is 11.4. The van der Waals surface area contributed by atoms with Crippen LogP contribution in [0.25, 0.3) is 0 Å². The average Bonchev–Trinajstić information content (AvgIpc) is 2.41. The van der Waals surface area contributed by atoms with Crippen LogP contribution in [0.3, 0.4) is 0 Å². The van der Waals surface area contributed by atoms with Gasteiger partial charge in [0.1, 0.15) is 0 Å². The Balaban J connectivity index is 2.50. The number of halogens is 2. The summed E-state index contributed by atoms with van der Waals surface area (Å²) in [6.07, 6.45) is 1.45. The molecule has 108 valence electrons. The minimum absolute atomic E-state index is 0.0397. The van der Waals surface area contributed by atoms with Gasteiger partial charge in [-0.2, -0.15) is 4.39 Å². The van der Waals surface area contributed by atoms with E-state index in [1.165, 1.54) is 12.1 Å². The third kappa shape index (κ3) is 4.76. The first-order valence-corrected chi connectivity index (χ1v) is 6.45. The molecule has 0 fully saturated rings. The molecule has 0 aliphatic rings. The van der Waals surface area contributed by atoms with Gasteiger partial charge in [0.25, 0.3) is 0 Å². The highest BCUT2D eigenvalue weighted by molar-refractivity contribution is 5.24. The van der Waals surface area contributed by atoms with Gasteiger partial charge in [-0.05, 0) is 32.0 Å². The van der Waals surface area contributed by atoms with Gasteiger partial charge in [0, 0.05) is 12.0 Å². The standard InChI is InChI=1S/C14H21F2NO2/c1-3-8-17-14(2,10-18)7-9-19-12-6-4-5-11(15)13(12)16/h4-6,17-18H,3,7-10H2,1-2H3. The molecule has 0 aromatic heterocycles. The predicted octanol–water partition coefficient (Wildman–Crippen LogP) is 2.48. The SMILES string of the molecule is CCCNC(C)(CO)CCOc1cccc(F)c1F. The van der Waals surface area contributed by atoms with Crippen molar-refractivity contribution in [3.8, 4) is 5.75 Å². The molecule has 0 aliphatic heterocycles. The molecular formula is C14H21F2NO2. The molecule has 3 nitrogen and oxygen atoms in total. The summed E-state index contributed by atoms with van der Waals surface area (Å²) in [7, 11) is 0. The second-order valence-electron chi connectivity index (χ2n) is 4.80. The molecule has 1 rings (SSSR count). The van der Waals surface area contributed by atoms with Crippen molar-refractivity contribution in [2.24, 2.45) is 0 Å². The van der Waals surface area contributed by atoms with Crippen LogP contribution in [0.4, 0.5) is 8.78 Å². The first kappa shape index (κ1) is 15.9. The highest BCUT2D eigenvalue weighted by Crippen LogP contribution is 2.20. The molecule has 5 heteroatoms. The number of aliphatic hydroxyl groups excluding tert-OH is 1. The zero-order valence-corrected chi connectivity index (χ0v) is 11.4. The van der Waals surface area contributed by atoms with Gasteiger partial charge < -0.3 is 15.2 Å². The topological polar surface area (TPSA) is 41.5 Å². The van der Waals surface area contributed by atoms with E-state index in [2.05, 4.69) is 5.32 Å². The number of ether oxygens (including phenoxy) is 1. The van der Waals surface area contributed by atoms with Crippen molar-refractivity contribution < 1.29 is 18.6 Å². The van der Waals surface area contributed by atoms with Gasteiger partial charge in [0.05, 0.1) is 13.2 Å². The molecule has 2 N–H and O–H groups in total. The van der Waals surface area contributed by atoms with E-state index < -0.39 is 17.2 Å². The lowest BCUT2D eigenvalue weighted by molar-refractivity contribution is 0.142. The van der Waals surface area contributed by atoms with Crippen molar-refractivity contribution in [3.63, 3.8) is 0 Å². The quantitative estimate of drug-likeness (QED) is 0.764. The fourth-order valence-corrected chi connectivity index (χ4v) is 1.63. The van der Waals surface area contributed by atoms with Crippen molar-refractivity contribution >= 4 is 0 Å². The fourth-order valence-electron chi connectivity index (χ4n) is 1.63. The Morgan fingerprint density at radius 1 is 1.37 bits per heavy atom. The second-order valence-corrected chi connectivity index (χ2v) is 4.80. The molecule has 0 saturated carbocycles. The Hall–Kier alpha value is -1.20. The Morgan fingerprint density at radius 3 is 2.74 bits per heavy atom. The van der Waals surface area contributed by atoms with Crippen molar-refractivity contribution in [2.75, 3.05) is 19.8 Å². The Morgan fingerprint density at radius 2 is 2.11 bits per heavy atom. The molecule has 0 aliphatic carbocycles. The predicted molar refractivity (Wildman–Crippen MR) is 70.3 cm³/mol. The third-order valence-electron chi connectivity index (χ3n) is 2.98. The van der Waals surface area contributed by atoms with Crippen molar-refractivity contribution in [3.05, 3.63) is 29.8 Å². The van der Waals surface area contributed by atoms with Crippen molar-refractivity contribution in [2.45, 2.75) is 32.2 Å². The van der Waals surface area contributed by atoms with E-state index in [1.807, 2.05) is 13.8 Å². The summed E-state index contributed by atoms with van der Waals surface area (Å²) >= 11 is 0. The molecular weight excluding hydrogens is 252 g/mol. The minimum atomic E-state index is -0.977. The van der Waals surface area contributed by atoms with Gasteiger partial charge in [-0.15, -0.1) is 0 Å². The Bertz CT molecular complexity index is 401. The van der Waals surface area contributed by atoms with Crippen LogP contribution in [-0.4, -0.2) is 30.4 Å². The number of hydrogen-bond acceptors (Lipinski definition) is 3. The maximum atomic E-state index is 13.3. The van der Waals surface area contributed by atoms with E-state index in [0.717, 1.165) is 19.0 Å². The molecule has 0 spiro atoms. The number of hydrogen-bond donors (Lipinski definition) is 2. The zero-order chi connectivity index (χ0) is 14.3. The lowest BCUT2D eigenvalue weighted by Crippen LogP contribution is -2.47. The van der Waals surface area contributed by atoms with E-state index >= 15 is 0 Å². The van der Waals surface area contributed by atoms with Crippen LogP contribution in [0.15, 0.2) is 18.2 Å². The molecule has 19 heavy (non-hydrogen) atoms. The molecule has 1 unspecified atom stereocenters. The second kappa shape index (κ2) is 7.40. The van der Waals surface area contributed by atoms with Crippen LogP contribution in [0.2, 0.25) is 0 Å². The summed E-state index contributed by atoms with van der Waals surface area (Å²) in [6.45, 7) is 4.85. The Labute approximate surface area is 112 Å². The average molecular weight is 273 g/mol. The first-order chi connectivity index (χ1) is 9.02. The van der Waals surface area contributed by atoms with Crippen LogP contribution in [0.5, 0.6) is 5.75 Å². The summed E-state index contributed by atoms with van der Waals surface area (Å²) in [5.74, 6) is -2.00. The number of benzene rings is 1. The molecule has 0 radical (unpaired) electrons. The van der Waals surface area contributed by atoms with Gasteiger partial charge in [-0.1, -0.05) is 13.0 Å². The van der Waals surface area contributed by atoms with Gasteiger partial charge in [0.15, 0.2) is 11.6 Å². The maximum Gasteiger partial charge on any atom is 0.200 e.